The number of benzene rings is 1. The third kappa shape index (κ3) is 8.64. The highest BCUT2D eigenvalue weighted by Gasteiger charge is 2.31. The molecule has 0 saturated heterocycles. The molecule has 2 aromatic rings. The van der Waals surface area contributed by atoms with E-state index in [-0.39, 0.29) is 5.91 Å². The Labute approximate surface area is 209 Å². The van der Waals surface area contributed by atoms with E-state index in [1.165, 1.54) is 10.4 Å². The lowest BCUT2D eigenvalue weighted by atomic mass is 9.93. The van der Waals surface area contributed by atoms with Gasteiger partial charge in [0.25, 0.3) is 5.91 Å². The van der Waals surface area contributed by atoms with Gasteiger partial charge >= 0.3 is 11.9 Å². The lowest BCUT2D eigenvalue weighted by Gasteiger charge is -2.40. The maximum absolute atomic E-state index is 12.5. The van der Waals surface area contributed by atoms with E-state index in [1.54, 1.807) is 24.3 Å². The molecule has 0 saturated carbocycles. The molecule has 0 radical (unpaired) electrons. The number of sulfonamides is 1. The Morgan fingerprint density at radius 3 is 2.29 bits per heavy atom. The number of carboxylic acid groups (broad SMARTS) is 2. The van der Waals surface area contributed by atoms with E-state index in [0.717, 1.165) is 32.1 Å². The summed E-state index contributed by atoms with van der Waals surface area (Å²) in [5.74, 6) is -3.80. The van der Waals surface area contributed by atoms with Crippen LogP contribution in [0.2, 0.25) is 0 Å². The third-order valence-electron chi connectivity index (χ3n) is 5.49. The highest BCUT2D eigenvalue weighted by atomic mass is 32.2. The Balaban J connectivity index is 0.000000641. The van der Waals surface area contributed by atoms with Crippen molar-refractivity contribution in [3.05, 3.63) is 51.7 Å². The predicted octanol–water partition coefficient (Wildman–Crippen LogP) is 2.79. The molecule has 0 fully saturated rings. The first-order valence-corrected chi connectivity index (χ1v) is 13.8. The smallest absolute Gasteiger partial charge is 0.414 e. The van der Waals surface area contributed by atoms with Gasteiger partial charge in [0.1, 0.15) is 0 Å². The zero-order chi connectivity index (χ0) is 26.2. The fraction of sp³-hybridized carbons (Fsp3) is 0.435. The van der Waals surface area contributed by atoms with Crippen LogP contribution >= 0.6 is 11.3 Å². The quantitative estimate of drug-likeness (QED) is 0.384. The predicted molar refractivity (Wildman–Crippen MR) is 134 cm³/mol. The van der Waals surface area contributed by atoms with Crippen molar-refractivity contribution in [1.82, 2.24) is 10.2 Å². The number of carboxylic acids is 2. The van der Waals surface area contributed by atoms with Gasteiger partial charge in [0.05, 0.1) is 6.26 Å². The number of nitrogens with zero attached hydrogens (tertiary/aromatic N) is 1. The van der Waals surface area contributed by atoms with Crippen molar-refractivity contribution >= 4 is 44.9 Å². The highest BCUT2D eigenvalue weighted by molar-refractivity contribution is 7.92. The zero-order valence-corrected chi connectivity index (χ0v) is 21.5. The van der Waals surface area contributed by atoms with Gasteiger partial charge in [-0.25, -0.2) is 18.0 Å². The van der Waals surface area contributed by atoms with E-state index in [2.05, 4.69) is 40.2 Å². The average Bonchev–Trinajstić information content (AvgIpc) is 3.24. The topological polar surface area (TPSA) is 153 Å². The summed E-state index contributed by atoms with van der Waals surface area (Å²) in [6.07, 6.45) is 4.48. The number of anilines is 1. The molecule has 1 amide bonds. The Hall–Kier alpha value is -2.96. The number of carbonyl (C=O) groups excluding carboxylic acids is 1. The minimum atomic E-state index is -3.32. The van der Waals surface area contributed by atoms with Gasteiger partial charge in [-0.15, -0.1) is 11.3 Å². The number of rotatable bonds is 8. The van der Waals surface area contributed by atoms with Crippen LogP contribution in [0.15, 0.2) is 35.7 Å². The number of aliphatic carboxylic acids is 2. The summed E-state index contributed by atoms with van der Waals surface area (Å²) in [6.45, 7) is 5.86. The molecule has 1 aliphatic heterocycles. The number of fused-ring (bicyclic) bond motifs is 1. The summed E-state index contributed by atoms with van der Waals surface area (Å²) in [5.41, 5.74) is 2.44. The van der Waals surface area contributed by atoms with Crippen molar-refractivity contribution in [2.75, 3.05) is 24.1 Å². The van der Waals surface area contributed by atoms with Crippen LogP contribution in [0.1, 0.15) is 53.5 Å². The van der Waals surface area contributed by atoms with Gasteiger partial charge in [0.2, 0.25) is 10.0 Å². The molecular formula is C23H31N3O7S2. The van der Waals surface area contributed by atoms with Crippen LogP contribution < -0.4 is 10.0 Å². The molecule has 1 aliphatic rings. The van der Waals surface area contributed by atoms with Crippen molar-refractivity contribution in [2.45, 2.75) is 45.2 Å². The largest absolute Gasteiger partial charge is 0.473 e. The Morgan fingerprint density at radius 2 is 1.74 bits per heavy atom. The Bertz CT molecular complexity index is 1120. The minimum absolute atomic E-state index is 0.149. The van der Waals surface area contributed by atoms with Gasteiger partial charge in [-0.3, -0.25) is 14.4 Å². The summed E-state index contributed by atoms with van der Waals surface area (Å²) in [5, 5.41) is 20.0. The average molecular weight is 526 g/mol. The van der Waals surface area contributed by atoms with Crippen molar-refractivity contribution in [2.24, 2.45) is 0 Å². The van der Waals surface area contributed by atoms with Crippen LogP contribution in [0, 0.1) is 0 Å². The fourth-order valence-electron chi connectivity index (χ4n) is 4.00. The fourth-order valence-corrected chi connectivity index (χ4v) is 5.58. The summed E-state index contributed by atoms with van der Waals surface area (Å²) in [6, 6.07) is 9.58. The summed E-state index contributed by atoms with van der Waals surface area (Å²) < 4.78 is 24.9. The van der Waals surface area contributed by atoms with Crippen LogP contribution in [0.5, 0.6) is 0 Å². The van der Waals surface area contributed by atoms with Gasteiger partial charge in [-0.1, -0.05) is 13.3 Å². The number of amides is 1. The molecule has 10 nitrogen and oxygen atoms in total. The SMILES string of the molecule is CCC[C@@H]1Cc2ccsc2[C@H](C)N1CCNC(=O)c1ccc(NS(C)(=O)=O)cc1.O=C(O)C(=O)O. The van der Waals surface area contributed by atoms with Gasteiger partial charge in [0, 0.05) is 41.3 Å². The molecule has 4 N–H and O–H groups in total. The number of thiophene rings is 1. The molecule has 1 aromatic heterocycles. The molecule has 0 spiro atoms. The van der Waals surface area contributed by atoms with Crippen molar-refractivity contribution < 1.29 is 33.0 Å². The molecule has 1 aromatic carbocycles. The van der Waals surface area contributed by atoms with Crippen molar-refractivity contribution in [3.63, 3.8) is 0 Å². The van der Waals surface area contributed by atoms with Gasteiger partial charge < -0.3 is 15.5 Å². The molecule has 35 heavy (non-hydrogen) atoms. The molecule has 192 valence electrons. The maximum Gasteiger partial charge on any atom is 0.414 e. The number of nitrogens with one attached hydrogen (secondary N) is 2. The number of hydrogen-bond acceptors (Lipinski definition) is 7. The number of carbonyl (C=O) groups is 3. The van der Waals surface area contributed by atoms with Crippen LogP contribution in [-0.2, 0) is 26.0 Å². The summed E-state index contributed by atoms with van der Waals surface area (Å²) in [4.78, 5) is 34.6. The van der Waals surface area contributed by atoms with E-state index in [0.29, 0.717) is 29.9 Å². The second-order valence-electron chi connectivity index (χ2n) is 8.19. The molecular weight excluding hydrogens is 494 g/mol. The van der Waals surface area contributed by atoms with Crippen LogP contribution in [0.4, 0.5) is 5.69 Å². The van der Waals surface area contributed by atoms with E-state index in [9.17, 15) is 13.2 Å². The summed E-state index contributed by atoms with van der Waals surface area (Å²) in [7, 11) is -3.32. The molecule has 0 bridgehead atoms. The van der Waals surface area contributed by atoms with E-state index in [1.807, 2.05) is 11.3 Å². The Morgan fingerprint density at radius 1 is 1.11 bits per heavy atom. The molecule has 2 atom stereocenters. The Kier molecular flexibility index (Phi) is 10.2. The van der Waals surface area contributed by atoms with Crippen LogP contribution in [0.3, 0.4) is 0 Å². The van der Waals surface area contributed by atoms with Crippen LogP contribution in [0.25, 0.3) is 0 Å². The monoisotopic (exact) mass is 525 g/mol. The number of hydrogen-bond donors (Lipinski definition) is 4. The molecule has 0 unspecified atom stereocenters. The van der Waals surface area contributed by atoms with Gasteiger partial charge in [0.15, 0.2) is 0 Å². The summed E-state index contributed by atoms with van der Waals surface area (Å²) >= 11 is 1.82. The third-order valence-corrected chi connectivity index (χ3v) is 7.23. The van der Waals surface area contributed by atoms with E-state index < -0.39 is 22.0 Å². The van der Waals surface area contributed by atoms with Crippen molar-refractivity contribution in [3.8, 4) is 0 Å². The van der Waals surface area contributed by atoms with E-state index in [4.69, 9.17) is 19.8 Å². The first-order chi connectivity index (χ1) is 16.4. The molecule has 2 heterocycles. The first-order valence-electron chi connectivity index (χ1n) is 11.1. The highest BCUT2D eigenvalue weighted by Crippen LogP contribution is 2.37. The van der Waals surface area contributed by atoms with Gasteiger partial charge in [-0.2, -0.15) is 0 Å². The zero-order valence-electron chi connectivity index (χ0n) is 19.9. The molecule has 3 rings (SSSR count). The lowest BCUT2D eigenvalue weighted by Crippen LogP contribution is -2.45. The second-order valence-corrected chi connectivity index (χ2v) is 10.9. The lowest BCUT2D eigenvalue weighted by molar-refractivity contribution is -0.159. The van der Waals surface area contributed by atoms with E-state index >= 15 is 0 Å². The second kappa shape index (κ2) is 12.7. The standard InChI is InChI=1S/C21H29N3O3S2.C2H2O4/c1-4-5-19-14-17-10-13-28-20(17)15(2)24(19)12-11-22-21(25)16-6-8-18(9-7-16)23-29(3,26)27;3-1(4)2(5)6/h6-10,13,15,19,23H,4-5,11-12,14H2,1-3H3,(H,22,25);(H,3,4)(H,5,6)/t15-,19+;/m0./s1. The van der Waals surface area contributed by atoms with Crippen LogP contribution in [-0.4, -0.2) is 66.8 Å². The first kappa shape index (κ1) is 28.3. The minimum Gasteiger partial charge on any atom is -0.473 e. The molecule has 0 aliphatic carbocycles. The van der Waals surface area contributed by atoms with Gasteiger partial charge in [-0.05, 0) is 61.0 Å². The maximum atomic E-state index is 12.5. The molecule has 12 heteroatoms. The normalized spacial score (nSPS) is 17.5. The van der Waals surface area contributed by atoms with Crippen molar-refractivity contribution in [1.29, 1.82) is 0 Å².